The average Bonchev–Trinajstić information content (AvgIpc) is 3.23. The number of amides is 4. The van der Waals surface area contributed by atoms with Crippen LogP contribution in [0.5, 0.6) is 0 Å². The van der Waals surface area contributed by atoms with Crippen LogP contribution in [-0.4, -0.2) is 85.3 Å². The lowest BCUT2D eigenvalue weighted by Gasteiger charge is -2.32. The Morgan fingerprint density at radius 2 is 1.66 bits per heavy atom. The molecule has 3 atom stereocenters. The zero-order valence-corrected chi connectivity index (χ0v) is 18.1. The Balaban J connectivity index is 1.77. The van der Waals surface area contributed by atoms with E-state index >= 15 is 0 Å². The minimum atomic E-state index is -0.0303. The average molecular weight is 401 g/mol. The fourth-order valence-corrected chi connectivity index (χ4v) is 4.62. The third kappa shape index (κ3) is 4.23. The molecule has 0 spiro atoms. The summed E-state index contributed by atoms with van der Waals surface area (Å²) in [6, 6.07) is 8.18. The molecule has 0 aliphatic carbocycles. The molecule has 7 heteroatoms. The van der Waals surface area contributed by atoms with Gasteiger partial charge in [-0.25, -0.2) is 4.79 Å². The summed E-state index contributed by atoms with van der Waals surface area (Å²) < 4.78 is 0. The fourth-order valence-electron chi connectivity index (χ4n) is 4.62. The van der Waals surface area contributed by atoms with Gasteiger partial charge in [0.05, 0.1) is 6.04 Å². The van der Waals surface area contributed by atoms with Crippen molar-refractivity contribution in [2.24, 2.45) is 11.8 Å². The Morgan fingerprint density at radius 1 is 0.966 bits per heavy atom. The first-order valence-electron chi connectivity index (χ1n) is 10.2. The second-order valence-electron chi connectivity index (χ2n) is 8.64. The van der Waals surface area contributed by atoms with Crippen molar-refractivity contribution in [3.8, 4) is 0 Å². The quantitative estimate of drug-likeness (QED) is 0.776. The van der Waals surface area contributed by atoms with Crippen LogP contribution in [0.25, 0.3) is 0 Å². The van der Waals surface area contributed by atoms with Gasteiger partial charge in [-0.15, -0.1) is 0 Å². The first-order valence-corrected chi connectivity index (χ1v) is 10.2. The topological polar surface area (TPSA) is 64.2 Å². The molecule has 158 valence electrons. The van der Waals surface area contributed by atoms with Crippen LogP contribution in [0, 0.1) is 18.8 Å². The van der Waals surface area contributed by atoms with Crippen molar-refractivity contribution in [3.63, 3.8) is 0 Å². The second kappa shape index (κ2) is 8.43. The van der Waals surface area contributed by atoms with E-state index in [4.69, 9.17) is 0 Å². The van der Waals surface area contributed by atoms with E-state index in [2.05, 4.69) is 19.1 Å². The smallest absolute Gasteiger partial charge is 0.320 e. The second-order valence-corrected chi connectivity index (χ2v) is 8.64. The number of rotatable bonds is 4. The molecule has 2 aliphatic rings. The van der Waals surface area contributed by atoms with E-state index in [1.165, 1.54) is 4.90 Å². The molecule has 0 aromatic heterocycles. The monoisotopic (exact) mass is 400 g/mol. The standard InChI is InChI=1S/C22H32N4O3/c1-15-8-6-7-9-17(15)21-18-14-25(20(28)11-10-19(27)23(2)3)12-16(18)13-26(21)22(29)24(4)5/h6-9,16,18,21H,10-14H2,1-5H3/t16-,18-,21+/m1/s1. The van der Waals surface area contributed by atoms with Gasteiger partial charge in [-0.1, -0.05) is 24.3 Å². The maximum Gasteiger partial charge on any atom is 0.320 e. The van der Waals surface area contributed by atoms with Crippen molar-refractivity contribution in [1.29, 1.82) is 0 Å². The number of nitrogens with zero attached hydrogens (tertiary/aromatic N) is 4. The number of benzene rings is 1. The summed E-state index contributed by atoms with van der Waals surface area (Å²) in [6.07, 6.45) is 0.482. The molecule has 2 saturated heterocycles. The highest BCUT2D eigenvalue weighted by Crippen LogP contribution is 2.46. The predicted octanol–water partition coefficient (Wildman–Crippen LogP) is 1.98. The molecular formula is C22H32N4O3. The Kier molecular flexibility index (Phi) is 6.15. The van der Waals surface area contributed by atoms with Crippen LogP contribution >= 0.6 is 0 Å². The maximum absolute atomic E-state index is 12.9. The molecule has 4 amide bonds. The van der Waals surface area contributed by atoms with Gasteiger partial charge in [0.1, 0.15) is 0 Å². The van der Waals surface area contributed by atoms with Crippen LogP contribution in [0.3, 0.4) is 0 Å². The largest absolute Gasteiger partial charge is 0.349 e. The van der Waals surface area contributed by atoms with Gasteiger partial charge in [0, 0.05) is 72.5 Å². The highest BCUT2D eigenvalue weighted by atomic mass is 16.2. The number of likely N-dealkylation sites (tertiary alicyclic amines) is 2. The van der Waals surface area contributed by atoms with E-state index < -0.39 is 0 Å². The van der Waals surface area contributed by atoms with Gasteiger partial charge in [-0.2, -0.15) is 0 Å². The number of fused-ring (bicyclic) bond motifs is 1. The van der Waals surface area contributed by atoms with Crippen molar-refractivity contribution in [1.82, 2.24) is 19.6 Å². The third-order valence-electron chi connectivity index (χ3n) is 6.20. The van der Waals surface area contributed by atoms with E-state index in [9.17, 15) is 14.4 Å². The highest BCUT2D eigenvalue weighted by molar-refractivity contribution is 5.84. The van der Waals surface area contributed by atoms with Gasteiger partial charge in [0.15, 0.2) is 0 Å². The third-order valence-corrected chi connectivity index (χ3v) is 6.20. The SMILES string of the molecule is Cc1ccccc1[C@H]1[C@@H]2CN(C(=O)CCC(=O)N(C)C)C[C@@H]2CN1C(=O)N(C)C. The molecule has 29 heavy (non-hydrogen) atoms. The van der Waals surface area contributed by atoms with E-state index in [1.54, 1.807) is 33.1 Å². The first-order chi connectivity index (χ1) is 13.7. The first kappa shape index (κ1) is 21.1. The molecule has 7 nitrogen and oxygen atoms in total. The van der Waals surface area contributed by atoms with Gasteiger partial charge >= 0.3 is 6.03 Å². The van der Waals surface area contributed by atoms with Gasteiger partial charge in [-0.3, -0.25) is 9.59 Å². The van der Waals surface area contributed by atoms with Crippen LogP contribution in [0.2, 0.25) is 0 Å². The van der Waals surface area contributed by atoms with E-state index in [-0.39, 0.29) is 48.6 Å². The van der Waals surface area contributed by atoms with E-state index in [0.29, 0.717) is 19.6 Å². The molecule has 0 unspecified atom stereocenters. The molecule has 2 heterocycles. The maximum atomic E-state index is 12.9. The Hall–Kier alpha value is -2.57. The molecule has 0 saturated carbocycles. The van der Waals surface area contributed by atoms with Crippen LogP contribution in [-0.2, 0) is 9.59 Å². The minimum Gasteiger partial charge on any atom is -0.349 e. The van der Waals surface area contributed by atoms with Gasteiger partial charge < -0.3 is 19.6 Å². The number of hydrogen-bond acceptors (Lipinski definition) is 3. The lowest BCUT2D eigenvalue weighted by molar-refractivity contribution is -0.135. The minimum absolute atomic E-state index is 0.0158. The Morgan fingerprint density at radius 3 is 2.28 bits per heavy atom. The van der Waals surface area contributed by atoms with Crippen LogP contribution < -0.4 is 0 Å². The summed E-state index contributed by atoms with van der Waals surface area (Å²) in [5, 5.41) is 0. The van der Waals surface area contributed by atoms with Crippen LogP contribution in [0.15, 0.2) is 24.3 Å². The van der Waals surface area contributed by atoms with Crippen LogP contribution in [0.4, 0.5) is 4.79 Å². The Labute approximate surface area is 173 Å². The molecule has 2 fully saturated rings. The van der Waals surface area contributed by atoms with Gasteiger partial charge in [-0.05, 0) is 18.1 Å². The normalized spacial score (nSPS) is 23.1. The number of aryl methyl sites for hydroxylation is 1. The lowest BCUT2D eigenvalue weighted by atomic mass is 9.88. The highest BCUT2D eigenvalue weighted by Gasteiger charge is 2.50. The predicted molar refractivity (Wildman–Crippen MR) is 111 cm³/mol. The number of carbonyl (C=O) groups is 3. The lowest BCUT2D eigenvalue weighted by Crippen LogP contribution is -2.42. The number of hydrogen-bond donors (Lipinski definition) is 0. The number of carbonyl (C=O) groups excluding carboxylic acids is 3. The zero-order chi connectivity index (χ0) is 21.3. The van der Waals surface area contributed by atoms with Crippen molar-refractivity contribution in [2.75, 3.05) is 47.8 Å². The zero-order valence-electron chi connectivity index (χ0n) is 18.1. The molecule has 1 aromatic rings. The van der Waals surface area contributed by atoms with Crippen molar-refractivity contribution >= 4 is 17.8 Å². The summed E-state index contributed by atoms with van der Waals surface area (Å²) in [5.74, 6) is 0.479. The van der Waals surface area contributed by atoms with Gasteiger partial charge in [0.25, 0.3) is 0 Å². The molecule has 0 bridgehead atoms. The molecule has 3 rings (SSSR count). The molecule has 0 radical (unpaired) electrons. The fraction of sp³-hybridized carbons (Fsp3) is 0.591. The summed E-state index contributed by atoms with van der Waals surface area (Å²) in [5.41, 5.74) is 2.32. The van der Waals surface area contributed by atoms with E-state index in [1.807, 2.05) is 21.9 Å². The summed E-state index contributed by atoms with van der Waals surface area (Å²) in [7, 11) is 6.97. The van der Waals surface area contributed by atoms with Crippen molar-refractivity contribution in [3.05, 3.63) is 35.4 Å². The Bertz CT molecular complexity index is 792. The molecular weight excluding hydrogens is 368 g/mol. The summed E-state index contributed by atoms with van der Waals surface area (Å²) in [4.78, 5) is 44.4. The summed E-state index contributed by atoms with van der Waals surface area (Å²) >= 11 is 0. The van der Waals surface area contributed by atoms with E-state index in [0.717, 1.165) is 11.1 Å². The van der Waals surface area contributed by atoms with Crippen LogP contribution in [0.1, 0.15) is 30.0 Å². The summed E-state index contributed by atoms with van der Waals surface area (Å²) in [6.45, 7) is 4.02. The molecule has 2 aliphatic heterocycles. The molecule has 1 aromatic carbocycles. The van der Waals surface area contributed by atoms with Crippen molar-refractivity contribution in [2.45, 2.75) is 25.8 Å². The van der Waals surface area contributed by atoms with Gasteiger partial charge in [0.2, 0.25) is 11.8 Å². The van der Waals surface area contributed by atoms with Crippen molar-refractivity contribution < 1.29 is 14.4 Å². The number of urea groups is 1. The molecule has 0 N–H and O–H groups in total.